The van der Waals surface area contributed by atoms with Crippen LogP contribution in [0.5, 0.6) is 5.75 Å². The number of carbonyl (C=O) groups is 2. The van der Waals surface area contributed by atoms with Gasteiger partial charge < -0.3 is 19.9 Å². The lowest BCUT2D eigenvalue weighted by atomic mass is 9.67. The fraction of sp³-hybridized carbons (Fsp3) is 0.619. The number of piperazine rings is 1. The van der Waals surface area contributed by atoms with E-state index >= 15 is 0 Å². The van der Waals surface area contributed by atoms with Crippen molar-refractivity contribution in [2.24, 2.45) is 11.3 Å². The molecule has 8 heteroatoms. The second-order valence-corrected chi connectivity index (χ2v) is 8.15. The topological polar surface area (TPSA) is 61.9 Å². The van der Waals surface area contributed by atoms with Crippen LogP contribution in [0.4, 0.5) is 4.39 Å². The van der Waals surface area contributed by atoms with E-state index in [9.17, 15) is 14.0 Å². The second-order valence-electron chi connectivity index (χ2n) is 8.15. The van der Waals surface area contributed by atoms with Crippen molar-refractivity contribution < 1.29 is 18.7 Å². The van der Waals surface area contributed by atoms with Gasteiger partial charge >= 0.3 is 0 Å². The highest BCUT2D eigenvalue weighted by Gasteiger charge is 2.51. The van der Waals surface area contributed by atoms with Crippen LogP contribution in [0.25, 0.3) is 0 Å². The zero-order valence-corrected chi connectivity index (χ0v) is 17.4. The molecule has 1 aromatic rings. The van der Waals surface area contributed by atoms with Crippen LogP contribution in [-0.2, 0) is 9.59 Å². The monoisotopic (exact) mass is 425 g/mol. The Labute approximate surface area is 177 Å². The first kappa shape index (κ1) is 21.8. The largest absolute Gasteiger partial charge is 0.484 e. The van der Waals surface area contributed by atoms with E-state index in [1.54, 1.807) is 4.90 Å². The van der Waals surface area contributed by atoms with Gasteiger partial charge in [-0.05, 0) is 49.6 Å². The van der Waals surface area contributed by atoms with Crippen molar-refractivity contribution in [3.05, 3.63) is 30.1 Å². The minimum Gasteiger partial charge on any atom is -0.484 e. The van der Waals surface area contributed by atoms with Gasteiger partial charge in [0.05, 0.1) is 5.41 Å². The first-order valence-electron chi connectivity index (χ1n) is 10.2. The molecule has 1 aromatic carbocycles. The Kier molecular flexibility index (Phi) is 7.01. The maximum absolute atomic E-state index is 13.3. The molecule has 3 fully saturated rings. The first-order chi connectivity index (χ1) is 13.6. The zero-order valence-electron chi connectivity index (χ0n) is 16.6. The van der Waals surface area contributed by atoms with Crippen LogP contribution in [0.2, 0.25) is 0 Å². The average molecular weight is 426 g/mol. The Bertz CT molecular complexity index is 724. The van der Waals surface area contributed by atoms with Crippen molar-refractivity contribution in [3.63, 3.8) is 0 Å². The molecular weight excluding hydrogens is 397 g/mol. The number of fused-ring (bicyclic) bond motifs is 1. The Morgan fingerprint density at radius 2 is 1.79 bits per heavy atom. The fourth-order valence-electron chi connectivity index (χ4n) is 4.91. The molecule has 1 N–H and O–H groups in total. The lowest BCUT2D eigenvalue weighted by molar-refractivity contribution is -0.150. The van der Waals surface area contributed by atoms with Crippen LogP contribution in [0.15, 0.2) is 24.3 Å². The highest BCUT2D eigenvalue weighted by molar-refractivity contribution is 5.85. The normalized spacial score (nSPS) is 26.4. The van der Waals surface area contributed by atoms with Crippen molar-refractivity contribution in [2.45, 2.75) is 25.7 Å². The standard InChI is InChI=1S/C21H28FN3O3.ClH/c22-17-4-6-18(7-5-17)28-14-19(26)24-9-11-25(12-10-24)20(27)21-8-2-1-3-16(21)13-23-15-21;/h4-7,16,23H,1-3,8-15H2;1H/t16-,21+;/m0./s1. The van der Waals surface area contributed by atoms with Crippen molar-refractivity contribution in [3.8, 4) is 5.75 Å². The molecule has 2 amide bonds. The van der Waals surface area contributed by atoms with Crippen molar-refractivity contribution in [1.29, 1.82) is 0 Å². The molecule has 4 rings (SSSR count). The van der Waals surface area contributed by atoms with E-state index in [-0.39, 0.29) is 42.1 Å². The minimum absolute atomic E-state index is 0. The number of hydrogen-bond acceptors (Lipinski definition) is 4. The fourth-order valence-corrected chi connectivity index (χ4v) is 4.91. The summed E-state index contributed by atoms with van der Waals surface area (Å²) in [5.41, 5.74) is -0.226. The lowest BCUT2D eigenvalue weighted by Gasteiger charge is -2.43. The summed E-state index contributed by atoms with van der Waals surface area (Å²) in [6.07, 6.45) is 4.47. The van der Waals surface area contributed by atoms with Gasteiger partial charge in [0.2, 0.25) is 5.91 Å². The van der Waals surface area contributed by atoms with Crippen LogP contribution in [0.3, 0.4) is 0 Å². The van der Waals surface area contributed by atoms with Gasteiger partial charge in [0.25, 0.3) is 5.91 Å². The quantitative estimate of drug-likeness (QED) is 0.802. The van der Waals surface area contributed by atoms with Gasteiger partial charge in [-0.15, -0.1) is 12.4 Å². The van der Waals surface area contributed by atoms with Crippen molar-refractivity contribution >= 4 is 24.2 Å². The maximum atomic E-state index is 13.3. The van der Waals surface area contributed by atoms with Gasteiger partial charge in [-0.3, -0.25) is 9.59 Å². The molecule has 1 aliphatic carbocycles. The average Bonchev–Trinajstić information content (AvgIpc) is 3.18. The summed E-state index contributed by atoms with van der Waals surface area (Å²) in [7, 11) is 0. The van der Waals surface area contributed by atoms with E-state index in [4.69, 9.17) is 4.74 Å². The van der Waals surface area contributed by atoms with E-state index in [0.29, 0.717) is 37.8 Å². The van der Waals surface area contributed by atoms with Gasteiger partial charge in [0.15, 0.2) is 6.61 Å². The summed E-state index contributed by atoms with van der Waals surface area (Å²) in [6, 6.07) is 5.63. The number of benzene rings is 1. The van der Waals surface area contributed by atoms with Crippen molar-refractivity contribution in [1.82, 2.24) is 15.1 Å². The Morgan fingerprint density at radius 1 is 1.10 bits per heavy atom. The van der Waals surface area contributed by atoms with Gasteiger partial charge in [-0.2, -0.15) is 0 Å². The highest BCUT2D eigenvalue weighted by atomic mass is 35.5. The predicted octanol–water partition coefficient (Wildman–Crippen LogP) is 2.08. The molecule has 0 aromatic heterocycles. The van der Waals surface area contributed by atoms with Crippen molar-refractivity contribution in [2.75, 3.05) is 45.9 Å². The van der Waals surface area contributed by atoms with Gasteiger partial charge in [-0.25, -0.2) is 4.39 Å². The number of amides is 2. The molecule has 0 unspecified atom stereocenters. The van der Waals surface area contributed by atoms with Gasteiger partial charge in [0.1, 0.15) is 11.6 Å². The summed E-state index contributed by atoms with van der Waals surface area (Å²) >= 11 is 0. The number of nitrogens with zero attached hydrogens (tertiary/aromatic N) is 2. The van der Waals surface area contributed by atoms with Gasteiger partial charge in [0, 0.05) is 32.7 Å². The molecule has 2 aliphatic heterocycles. The Morgan fingerprint density at radius 3 is 2.52 bits per heavy atom. The third kappa shape index (κ3) is 4.51. The highest BCUT2D eigenvalue weighted by Crippen LogP contribution is 2.45. The summed E-state index contributed by atoms with van der Waals surface area (Å²) < 4.78 is 18.4. The predicted molar refractivity (Wildman–Crippen MR) is 110 cm³/mol. The number of carbonyl (C=O) groups excluding carboxylic acids is 2. The number of halogens is 2. The third-order valence-corrected chi connectivity index (χ3v) is 6.56. The summed E-state index contributed by atoms with van der Waals surface area (Å²) in [6.45, 7) is 3.89. The van der Waals surface area contributed by atoms with Crippen LogP contribution in [0, 0.1) is 17.2 Å². The minimum atomic E-state index is -0.336. The smallest absolute Gasteiger partial charge is 0.260 e. The molecule has 29 heavy (non-hydrogen) atoms. The third-order valence-electron chi connectivity index (χ3n) is 6.56. The number of ether oxygens (including phenoxy) is 1. The van der Waals surface area contributed by atoms with E-state index in [0.717, 1.165) is 32.4 Å². The molecule has 2 atom stereocenters. The molecular formula is C21H29ClFN3O3. The molecule has 0 spiro atoms. The summed E-state index contributed by atoms with van der Waals surface area (Å²) in [5, 5.41) is 3.44. The number of rotatable bonds is 4. The first-order valence-corrected chi connectivity index (χ1v) is 10.2. The van der Waals surface area contributed by atoms with Crippen LogP contribution >= 0.6 is 12.4 Å². The molecule has 1 saturated carbocycles. The molecule has 2 saturated heterocycles. The molecule has 6 nitrogen and oxygen atoms in total. The summed E-state index contributed by atoms with van der Waals surface area (Å²) in [5.74, 6) is 0.762. The van der Waals surface area contributed by atoms with E-state index < -0.39 is 0 Å². The van der Waals surface area contributed by atoms with Crippen LogP contribution < -0.4 is 10.1 Å². The molecule has 0 radical (unpaired) electrons. The Balaban J connectivity index is 0.00000240. The summed E-state index contributed by atoms with van der Waals surface area (Å²) in [4.78, 5) is 29.4. The lowest BCUT2D eigenvalue weighted by Crippen LogP contribution is -2.57. The SMILES string of the molecule is Cl.O=C(COc1ccc(F)cc1)N1CCN(C(=O)[C@@]23CCCC[C@H]2CNC3)CC1. The zero-order chi connectivity index (χ0) is 19.6. The van der Waals surface area contributed by atoms with E-state index in [1.165, 1.54) is 30.7 Å². The van der Waals surface area contributed by atoms with Crippen LogP contribution in [-0.4, -0.2) is 67.5 Å². The molecule has 2 heterocycles. The molecule has 3 aliphatic rings. The second kappa shape index (κ2) is 9.30. The van der Waals surface area contributed by atoms with E-state index in [2.05, 4.69) is 5.32 Å². The Hall–Kier alpha value is -1.86. The number of hydrogen-bond donors (Lipinski definition) is 1. The van der Waals surface area contributed by atoms with Crippen LogP contribution in [0.1, 0.15) is 25.7 Å². The van der Waals surface area contributed by atoms with Gasteiger partial charge in [-0.1, -0.05) is 12.8 Å². The van der Waals surface area contributed by atoms with E-state index in [1.807, 2.05) is 4.90 Å². The maximum Gasteiger partial charge on any atom is 0.260 e. The molecule has 0 bridgehead atoms. The number of nitrogens with one attached hydrogen (secondary N) is 1. The molecule has 160 valence electrons.